The number of morpholine rings is 1. The minimum atomic E-state index is -0.216. The molecule has 2 N–H and O–H groups in total. The highest BCUT2D eigenvalue weighted by Gasteiger charge is 2.41. The van der Waals surface area contributed by atoms with Gasteiger partial charge in [0.05, 0.1) is 5.60 Å². The lowest BCUT2D eigenvalue weighted by atomic mass is 9.89. The van der Waals surface area contributed by atoms with Crippen LogP contribution in [0.15, 0.2) is 0 Å². The van der Waals surface area contributed by atoms with Crippen LogP contribution in [-0.2, 0) is 9.53 Å². The molecule has 2 saturated heterocycles. The number of carbonyl (C=O) groups is 1. The molecule has 4 nitrogen and oxygen atoms in total. The average molecular weight is 226 g/mol. The fourth-order valence-corrected chi connectivity index (χ4v) is 2.52. The van der Waals surface area contributed by atoms with Gasteiger partial charge in [-0.2, -0.15) is 0 Å². The summed E-state index contributed by atoms with van der Waals surface area (Å²) in [4.78, 5) is 11.7. The fourth-order valence-electron chi connectivity index (χ4n) is 2.52. The molecule has 1 amide bonds. The molecule has 1 atom stereocenters. The Kier molecular flexibility index (Phi) is 3.82. The summed E-state index contributed by atoms with van der Waals surface area (Å²) in [6.45, 7) is 4.82. The van der Waals surface area contributed by atoms with E-state index in [1.807, 2.05) is 0 Å². The molecule has 0 aromatic carbocycles. The van der Waals surface area contributed by atoms with Crippen LogP contribution in [0.5, 0.6) is 0 Å². The zero-order valence-corrected chi connectivity index (χ0v) is 10.1. The third-order valence-electron chi connectivity index (χ3n) is 3.60. The Bertz CT molecular complexity index is 249. The Morgan fingerprint density at radius 2 is 2.19 bits per heavy atom. The SMILES string of the molecule is CCCCC1OC2(CCNCC2)CNC1=O. The molecule has 0 aromatic rings. The molecule has 2 aliphatic rings. The summed E-state index contributed by atoms with van der Waals surface area (Å²) >= 11 is 0. The van der Waals surface area contributed by atoms with Gasteiger partial charge in [-0.1, -0.05) is 19.8 Å². The van der Waals surface area contributed by atoms with Crippen molar-refractivity contribution in [3.8, 4) is 0 Å². The molecular formula is C12H22N2O2. The van der Waals surface area contributed by atoms with Crippen molar-refractivity contribution >= 4 is 5.91 Å². The van der Waals surface area contributed by atoms with Gasteiger partial charge >= 0.3 is 0 Å². The first-order valence-corrected chi connectivity index (χ1v) is 6.42. The number of unbranched alkanes of at least 4 members (excludes halogenated alkanes) is 1. The summed E-state index contributed by atoms with van der Waals surface area (Å²) < 4.78 is 6.08. The molecule has 4 heteroatoms. The van der Waals surface area contributed by atoms with E-state index in [0.29, 0.717) is 6.54 Å². The molecule has 2 rings (SSSR count). The number of hydrogen-bond donors (Lipinski definition) is 2. The molecule has 1 unspecified atom stereocenters. The van der Waals surface area contributed by atoms with E-state index in [1.54, 1.807) is 0 Å². The first-order chi connectivity index (χ1) is 7.76. The molecular weight excluding hydrogens is 204 g/mol. The van der Waals surface area contributed by atoms with Crippen LogP contribution in [0.4, 0.5) is 0 Å². The van der Waals surface area contributed by atoms with E-state index in [2.05, 4.69) is 17.6 Å². The molecule has 16 heavy (non-hydrogen) atoms. The Balaban J connectivity index is 1.94. The minimum Gasteiger partial charge on any atom is -0.360 e. The Labute approximate surface area is 97.1 Å². The van der Waals surface area contributed by atoms with Crippen molar-refractivity contribution in [1.29, 1.82) is 0 Å². The van der Waals surface area contributed by atoms with Crippen LogP contribution in [0.3, 0.4) is 0 Å². The number of piperidine rings is 1. The molecule has 0 aromatic heterocycles. The zero-order chi connectivity index (χ0) is 11.4. The van der Waals surface area contributed by atoms with E-state index in [4.69, 9.17) is 4.74 Å². The first kappa shape index (κ1) is 11.9. The summed E-state index contributed by atoms with van der Waals surface area (Å²) in [7, 11) is 0. The van der Waals surface area contributed by atoms with Gasteiger partial charge in [-0.25, -0.2) is 0 Å². The second-order valence-corrected chi connectivity index (χ2v) is 4.90. The maximum absolute atomic E-state index is 11.7. The molecule has 0 aliphatic carbocycles. The topological polar surface area (TPSA) is 50.4 Å². The number of rotatable bonds is 3. The Morgan fingerprint density at radius 3 is 2.88 bits per heavy atom. The van der Waals surface area contributed by atoms with Gasteiger partial charge in [-0.3, -0.25) is 4.79 Å². The molecule has 1 spiro atoms. The molecule has 2 fully saturated rings. The van der Waals surface area contributed by atoms with E-state index < -0.39 is 0 Å². The van der Waals surface area contributed by atoms with Crippen LogP contribution < -0.4 is 10.6 Å². The normalized spacial score (nSPS) is 29.1. The number of ether oxygens (including phenoxy) is 1. The molecule has 92 valence electrons. The number of nitrogens with one attached hydrogen (secondary N) is 2. The lowest BCUT2D eigenvalue weighted by Crippen LogP contribution is -2.60. The van der Waals surface area contributed by atoms with Crippen molar-refractivity contribution in [2.24, 2.45) is 0 Å². The van der Waals surface area contributed by atoms with Crippen molar-refractivity contribution in [3.63, 3.8) is 0 Å². The monoisotopic (exact) mass is 226 g/mol. The maximum atomic E-state index is 11.7. The van der Waals surface area contributed by atoms with E-state index in [-0.39, 0.29) is 17.6 Å². The zero-order valence-electron chi connectivity index (χ0n) is 10.1. The van der Waals surface area contributed by atoms with Crippen LogP contribution in [0.1, 0.15) is 39.0 Å². The highest BCUT2D eigenvalue weighted by molar-refractivity contribution is 5.81. The molecule has 2 heterocycles. The van der Waals surface area contributed by atoms with Gasteiger partial charge in [0.15, 0.2) is 0 Å². The first-order valence-electron chi connectivity index (χ1n) is 6.42. The Hall–Kier alpha value is -0.610. The van der Waals surface area contributed by atoms with Crippen LogP contribution >= 0.6 is 0 Å². The van der Waals surface area contributed by atoms with Gasteiger partial charge in [0.2, 0.25) is 5.91 Å². The average Bonchev–Trinajstić information content (AvgIpc) is 2.32. The fraction of sp³-hybridized carbons (Fsp3) is 0.917. The van der Waals surface area contributed by atoms with Crippen LogP contribution in [0.2, 0.25) is 0 Å². The van der Waals surface area contributed by atoms with Crippen LogP contribution in [-0.4, -0.2) is 37.2 Å². The third kappa shape index (κ3) is 2.55. The van der Waals surface area contributed by atoms with Crippen molar-refractivity contribution in [1.82, 2.24) is 10.6 Å². The van der Waals surface area contributed by atoms with Crippen molar-refractivity contribution in [3.05, 3.63) is 0 Å². The molecule has 2 aliphatic heterocycles. The second kappa shape index (κ2) is 5.15. The van der Waals surface area contributed by atoms with Crippen molar-refractivity contribution in [2.45, 2.75) is 50.7 Å². The Morgan fingerprint density at radius 1 is 1.44 bits per heavy atom. The van der Waals surface area contributed by atoms with Gasteiger partial charge < -0.3 is 15.4 Å². The third-order valence-corrected chi connectivity index (χ3v) is 3.60. The summed E-state index contributed by atoms with van der Waals surface area (Å²) in [6.07, 6.45) is 4.84. The van der Waals surface area contributed by atoms with Crippen LogP contribution in [0, 0.1) is 0 Å². The minimum absolute atomic E-state index is 0.0811. The largest absolute Gasteiger partial charge is 0.360 e. The van der Waals surface area contributed by atoms with Gasteiger partial charge in [0.1, 0.15) is 6.10 Å². The van der Waals surface area contributed by atoms with Gasteiger partial charge in [-0.15, -0.1) is 0 Å². The summed E-state index contributed by atoms with van der Waals surface area (Å²) in [5, 5.41) is 6.34. The van der Waals surface area contributed by atoms with Crippen molar-refractivity contribution < 1.29 is 9.53 Å². The van der Waals surface area contributed by atoms with E-state index >= 15 is 0 Å². The maximum Gasteiger partial charge on any atom is 0.249 e. The van der Waals surface area contributed by atoms with Gasteiger partial charge in [0.25, 0.3) is 0 Å². The molecule has 0 bridgehead atoms. The van der Waals surface area contributed by atoms with E-state index in [9.17, 15) is 4.79 Å². The lowest BCUT2D eigenvalue weighted by Gasteiger charge is -2.43. The number of hydrogen-bond acceptors (Lipinski definition) is 3. The van der Waals surface area contributed by atoms with Gasteiger partial charge in [-0.05, 0) is 32.4 Å². The summed E-state index contributed by atoms with van der Waals surface area (Å²) in [5.41, 5.74) is -0.0857. The number of carbonyl (C=O) groups excluding carboxylic acids is 1. The smallest absolute Gasteiger partial charge is 0.249 e. The summed E-state index contributed by atoms with van der Waals surface area (Å²) in [5.74, 6) is 0.0811. The quantitative estimate of drug-likeness (QED) is 0.749. The predicted octanol–water partition coefficient (Wildman–Crippen LogP) is 0.814. The molecule has 0 saturated carbocycles. The lowest BCUT2D eigenvalue weighted by molar-refractivity contribution is -0.167. The van der Waals surface area contributed by atoms with Crippen LogP contribution in [0.25, 0.3) is 0 Å². The second-order valence-electron chi connectivity index (χ2n) is 4.90. The van der Waals surface area contributed by atoms with Gasteiger partial charge in [0, 0.05) is 6.54 Å². The standard InChI is InChI=1S/C12H22N2O2/c1-2-3-4-10-11(15)14-9-12(16-10)5-7-13-8-6-12/h10,13H,2-9H2,1H3,(H,14,15). The highest BCUT2D eigenvalue weighted by atomic mass is 16.5. The van der Waals surface area contributed by atoms with E-state index in [0.717, 1.165) is 45.2 Å². The predicted molar refractivity (Wildman–Crippen MR) is 62.2 cm³/mol. The highest BCUT2D eigenvalue weighted by Crippen LogP contribution is 2.28. The summed E-state index contributed by atoms with van der Waals surface area (Å²) in [6, 6.07) is 0. The van der Waals surface area contributed by atoms with E-state index in [1.165, 1.54) is 0 Å². The number of amides is 1. The van der Waals surface area contributed by atoms with Crippen molar-refractivity contribution in [2.75, 3.05) is 19.6 Å². The molecule has 0 radical (unpaired) electrons.